The van der Waals surface area contributed by atoms with Crippen molar-refractivity contribution >= 4 is 12.9 Å². The summed E-state index contributed by atoms with van der Waals surface area (Å²) in [7, 11) is -0.497. The predicted octanol–water partition coefficient (Wildman–Crippen LogP) is 1.28. The molecule has 82 valence electrons. The summed E-state index contributed by atoms with van der Waals surface area (Å²) in [5.74, 6) is 0.492. The number of rotatable bonds is 1. The molecular formula is C10H16BNO3. The molecule has 0 aliphatic carbocycles. The van der Waals surface area contributed by atoms with Crippen LogP contribution in [0.25, 0.3) is 0 Å². The zero-order valence-corrected chi connectivity index (χ0v) is 9.83. The monoisotopic (exact) mass is 209 g/mol. The molecule has 4 nitrogen and oxygen atoms in total. The maximum absolute atomic E-state index is 5.78. The Hall–Kier alpha value is -0.805. The van der Waals surface area contributed by atoms with Gasteiger partial charge in [-0.15, -0.1) is 0 Å². The van der Waals surface area contributed by atoms with Crippen LogP contribution in [-0.4, -0.2) is 23.3 Å². The maximum Gasteiger partial charge on any atom is 0.554 e. The molecule has 1 fully saturated rings. The van der Waals surface area contributed by atoms with Gasteiger partial charge in [-0.05, 0) is 34.6 Å². The molecule has 0 amide bonds. The molecule has 0 bridgehead atoms. The summed E-state index contributed by atoms with van der Waals surface area (Å²) in [5, 5.41) is 0. The van der Waals surface area contributed by atoms with E-state index in [0.29, 0.717) is 5.79 Å². The molecule has 0 radical (unpaired) electrons. The largest absolute Gasteiger partial charge is 0.554 e. The van der Waals surface area contributed by atoms with Crippen LogP contribution in [0, 0.1) is 6.92 Å². The Morgan fingerprint density at radius 1 is 1.13 bits per heavy atom. The lowest BCUT2D eigenvalue weighted by Gasteiger charge is -2.32. The van der Waals surface area contributed by atoms with Crippen molar-refractivity contribution in [2.24, 2.45) is 0 Å². The van der Waals surface area contributed by atoms with Gasteiger partial charge >= 0.3 is 7.12 Å². The third-order valence-electron chi connectivity index (χ3n) is 3.09. The van der Waals surface area contributed by atoms with Gasteiger partial charge in [0.25, 0.3) is 0 Å². The van der Waals surface area contributed by atoms with Crippen molar-refractivity contribution in [2.75, 3.05) is 0 Å². The van der Waals surface area contributed by atoms with Gasteiger partial charge in [-0.25, -0.2) is 4.98 Å². The van der Waals surface area contributed by atoms with Gasteiger partial charge in [0.2, 0.25) is 5.79 Å². The molecule has 1 aromatic rings. The van der Waals surface area contributed by atoms with Gasteiger partial charge in [0.05, 0.1) is 16.9 Å². The second kappa shape index (κ2) is 3.09. The van der Waals surface area contributed by atoms with E-state index in [1.807, 2.05) is 34.6 Å². The molecule has 1 aliphatic rings. The lowest BCUT2D eigenvalue weighted by atomic mass is 9.90. The van der Waals surface area contributed by atoms with Crippen LogP contribution >= 0.6 is 0 Å². The highest BCUT2D eigenvalue weighted by molar-refractivity contribution is 6.59. The Morgan fingerprint density at radius 3 is 2.07 bits per heavy atom. The van der Waals surface area contributed by atoms with E-state index < -0.39 is 7.12 Å². The summed E-state index contributed by atoms with van der Waals surface area (Å²) in [6.45, 7) is 9.88. The van der Waals surface area contributed by atoms with Crippen molar-refractivity contribution in [3.05, 3.63) is 12.0 Å². The summed E-state index contributed by atoms with van der Waals surface area (Å²) in [4.78, 5) is 4.21. The Labute approximate surface area is 90.1 Å². The number of nitrogens with zero attached hydrogens (tertiary/aromatic N) is 1. The molecule has 1 saturated heterocycles. The molecule has 0 atom stereocenters. The van der Waals surface area contributed by atoms with Gasteiger partial charge in [0.1, 0.15) is 6.26 Å². The molecule has 2 heterocycles. The van der Waals surface area contributed by atoms with Crippen LogP contribution in [0.3, 0.4) is 0 Å². The number of aromatic nitrogens is 1. The number of hydrogen-bond donors (Lipinski definition) is 0. The maximum atomic E-state index is 5.78. The van der Waals surface area contributed by atoms with E-state index in [0.717, 1.165) is 5.69 Å². The minimum Gasteiger partial charge on any atom is -0.452 e. The van der Waals surface area contributed by atoms with Crippen molar-refractivity contribution in [1.82, 2.24) is 4.98 Å². The average molecular weight is 209 g/mol. The van der Waals surface area contributed by atoms with Crippen molar-refractivity contribution in [2.45, 2.75) is 45.8 Å². The van der Waals surface area contributed by atoms with Crippen LogP contribution < -0.4 is 5.79 Å². The lowest BCUT2D eigenvalue weighted by Crippen LogP contribution is -2.41. The summed E-state index contributed by atoms with van der Waals surface area (Å²) < 4.78 is 16.8. The summed E-state index contributed by atoms with van der Waals surface area (Å²) in [6.07, 6.45) is 1.60. The van der Waals surface area contributed by atoms with Crippen molar-refractivity contribution in [1.29, 1.82) is 0 Å². The molecule has 2 rings (SSSR count). The van der Waals surface area contributed by atoms with Crippen LogP contribution in [0.15, 0.2) is 10.7 Å². The summed E-state index contributed by atoms with van der Waals surface area (Å²) in [6, 6.07) is 0. The first kappa shape index (κ1) is 10.7. The van der Waals surface area contributed by atoms with E-state index >= 15 is 0 Å². The highest BCUT2D eigenvalue weighted by Gasteiger charge is 2.53. The lowest BCUT2D eigenvalue weighted by molar-refractivity contribution is 0.00578. The number of oxazole rings is 1. The smallest absolute Gasteiger partial charge is 0.452 e. The Morgan fingerprint density at radius 2 is 1.67 bits per heavy atom. The fraction of sp³-hybridized carbons (Fsp3) is 0.700. The van der Waals surface area contributed by atoms with Crippen LogP contribution in [0.2, 0.25) is 0 Å². The topological polar surface area (TPSA) is 44.5 Å². The van der Waals surface area contributed by atoms with Crippen LogP contribution in [0.5, 0.6) is 0 Å². The molecule has 1 aliphatic heterocycles. The van der Waals surface area contributed by atoms with Gasteiger partial charge in [0, 0.05) is 0 Å². The van der Waals surface area contributed by atoms with Gasteiger partial charge < -0.3 is 13.7 Å². The van der Waals surface area contributed by atoms with Crippen molar-refractivity contribution in [3.8, 4) is 0 Å². The first-order valence-corrected chi connectivity index (χ1v) is 5.09. The standard InChI is InChI=1S/C10H16BNO3/c1-7-6-13-8(12-7)11-14-9(2,3)10(4,5)15-11/h6H,1-5H3. The number of aryl methyl sites for hydroxylation is 1. The Balaban J connectivity index is 2.23. The summed E-state index contributed by atoms with van der Waals surface area (Å²) >= 11 is 0. The van der Waals surface area contributed by atoms with E-state index in [9.17, 15) is 0 Å². The average Bonchev–Trinajstić information content (AvgIpc) is 2.56. The highest BCUT2D eigenvalue weighted by Crippen LogP contribution is 2.36. The zero-order valence-electron chi connectivity index (χ0n) is 9.83. The van der Waals surface area contributed by atoms with Crippen molar-refractivity contribution < 1.29 is 13.7 Å². The Kier molecular flexibility index (Phi) is 2.21. The fourth-order valence-corrected chi connectivity index (χ4v) is 1.42. The first-order valence-electron chi connectivity index (χ1n) is 5.09. The molecule has 0 aromatic carbocycles. The third-order valence-corrected chi connectivity index (χ3v) is 3.09. The fourth-order valence-electron chi connectivity index (χ4n) is 1.42. The van der Waals surface area contributed by atoms with Crippen LogP contribution in [-0.2, 0) is 9.31 Å². The van der Waals surface area contributed by atoms with E-state index in [1.54, 1.807) is 6.26 Å². The first-order chi connectivity index (χ1) is 6.82. The highest BCUT2D eigenvalue weighted by atomic mass is 16.7. The van der Waals surface area contributed by atoms with E-state index in [4.69, 9.17) is 13.7 Å². The van der Waals surface area contributed by atoms with Crippen molar-refractivity contribution in [3.63, 3.8) is 0 Å². The molecule has 5 heteroatoms. The van der Waals surface area contributed by atoms with Gasteiger partial charge in [-0.1, -0.05) is 0 Å². The summed E-state index contributed by atoms with van der Waals surface area (Å²) in [5.41, 5.74) is 0.139. The Bertz CT molecular complexity index is 356. The number of hydrogen-bond acceptors (Lipinski definition) is 4. The van der Waals surface area contributed by atoms with E-state index in [2.05, 4.69) is 4.98 Å². The third kappa shape index (κ3) is 1.70. The van der Waals surface area contributed by atoms with Gasteiger partial charge in [-0.2, -0.15) is 0 Å². The van der Waals surface area contributed by atoms with E-state index in [1.165, 1.54) is 0 Å². The SMILES string of the molecule is Cc1coc(B2OC(C)(C)C(C)(C)O2)n1. The molecule has 0 N–H and O–H groups in total. The molecular weight excluding hydrogens is 193 g/mol. The van der Waals surface area contributed by atoms with E-state index in [-0.39, 0.29) is 11.2 Å². The molecule has 0 spiro atoms. The zero-order chi connectivity index (χ0) is 11.3. The minimum atomic E-state index is -0.497. The predicted molar refractivity (Wildman–Crippen MR) is 57.0 cm³/mol. The van der Waals surface area contributed by atoms with Gasteiger partial charge in [-0.3, -0.25) is 0 Å². The quantitative estimate of drug-likeness (QED) is 0.653. The minimum absolute atomic E-state index is 0.347. The van der Waals surface area contributed by atoms with Crippen LogP contribution in [0.4, 0.5) is 0 Å². The second-order valence-electron chi connectivity index (χ2n) is 4.92. The van der Waals surface area contributed by atoms with Gasteiger partial charge in [0.15, 0.2) is 0 Å². The molecule has 1 aromatic heterocycles. The molecule has 0 saturated carbocycles. The second-order valence-corrected chi connectivity index (χ2v) is 4.92. The molecule has 15 heavy (non-hydrogen) atoms. The normalized spacial score (nSPS) is 23.4. The van der Waals surface area contributed by atoms with Crippen LogP contribution in [0.1, 0.15) is 33.4 Å². The molecule has 0 unspecified atom stereocenters.